The van der Waals surface area contributed by atoms with E-state index in [2.05, 4.69) is 27.5 Å². The quantitative estimate of drug-likeness (QED) is 0.655. The van der Waals surface area contributed by atoms with Crippen molar-refractivity contribution in [3.63, 3.8) is 0 Å². The number of rotatable bonds is 6. The van der Waals surface area contributed by atoms with Gasteiger partial charge in [-0.3, -0.25) is 0 Å². The van der Waals surface area contributed by atoms with Crippen molar-refractivity contribution in [3.05, 3.63) is 12.4 Å². The molecule has 0 aromatic carbocycles. The van der Waals surface area contributed by atoms with Crippen molar-refractivity contribution in [1.82, 2.24) is 9.97 Å². The molecule has 0 saturated carbocycles. The standard InChI is InChI=1S/C10H18N4O/c1-8(4-3-5-15)14-10-6-9(11-2)12-7-13-10/h6-8,15H,3-5H2,1-2H3,(H2,11,12,13,14). The maximum Gasteiger partial charge on any atom is 0.131 e. The van der Waals surface area contributed by atoms with Crippen LogP contribution in [0.2, 0.25) is 0 Å². The first-order valence-electron chi connectivity index (χ1n) is 5.13. The molecule has 1 heterocycles. The fourth-order valence-corrected chi connectivity index (χ4v) is 1.30. The van der Waals surface area contributed by atoms with Gasteiger partial charge in [0.05, 0.1) is 0 Å². The molecule has 0 aliphatic heterocycles. The average molecular weight is 210 g/mol. The largest absolute Gasteiger partial charge is 0.396 e. The number of aromatic nitrogens is 2. The van der Waals surface area contributed by atoms with Crippen molar-refractivity contribution in [2.45, 2.75) is 25.8 Å². The van der Waals surface area contributed by atoms with Gasteiger partial charge in [-0.05, 0) is 19.8 Å². The van der Waals surface area contributed by atoms with Crippen molar-refractivity contribution < 1.29 is 5.11 Å². The summed E-state index contributed by atoms with van der Waals surface area (Å²) in [5.74, 6) is 1.60. The smallest absolute Gasteiger partial charge is 0.131 e. The molecule has 5 heteroatoms. The minimum Gasteiger partial charge on any atom is -0.396 e. The van der Waals surface area contributed by atoms with E-state index in [0.29, 0.717) is 6.04 Å². The Morgan fingerprint density at radius 1 is 1.40 bits per heavy atom. The molecule has 0 saturated heterocycles. The molecule has 3 N–H and O–H groups in total. The lowest BCUT2D eigenvalue weighted by Crippen LogP contribution is -2.16. The normalized spacial score (nSPS) is 12.2. The summed E-state index contributed by atoms with van der Waals surface area (Å²) < 4.78 is 0. The number of aliphatic hydroxyl groups is 1. The van der Waals surface area contributed by atoms with Gasteiger partial charge in [0.1, 0.15) is 18.0 Å². The van der Waals surface area contributed by atoms with Crippen LogP contribution in [0.4, 0.5) is 11.6 Å². The monoisotopic (exact) mass is 210 g/mol. The topological polar surface area (TPSA) is 70.1 Å². The van der Waals surface area contributed by atoms with Crippen molar-refractivity contribution in [2.24, 2.45) is 0 Å². The molecule has 15 heavy (non-hydrogen) atoms. The van der Waals surface area contributed by atoms with E-state index in [-0.39, 0.29) is 6.61 Å². The van der Waals surface area contributed by atoms with Gasteiger partial charge in [-0.2, -0.15) is 0 Å². The molecule has 0 aliphatic rings. The highest BCUT2D eigenvalue weighted by atomic mass is 16.2. The van der Waals surface area contributed by atoms with E-state index >= 15 is 0 Å². The highest BCUT2D eigenvalue weighted by molar-refractivity contribution is 5.46. The van der Waals surface area contributed by atoms with Crippen LogP contribution in [-0.2, 0) is 0 Å². The van der Waals surface area contributed by atoms with E-state index in [0.717, 1.165) is 24.5 Å². The minimum absolute atomic E-state index is 0.234. The molecule has 0 radical (unpaired) electrons. The van der Waals surface area contributed by atoms with Crippen LogP contribution in [0.25, 0.3) is 0 Å². The van der Waals surface area contributed by atoms with Crippen molar-refractivity contribution >= 4 is 11.6 Å². The van der Waals surface area contributed by atoms with Gasteiger partial charge in [-0.25, -0.2) is 9.97 Å². The van der Waals surface area contributed by atoms with E-state index in [1.165, 1.54) is 6.33 Å². The molecule has 0 amide bonds. The lowest BCUT2D eigenvalue weighted by Gasteiger charge is -2.13. The van der Waals surface area contributed by atoms with E-state index < -0.39 is 0 Å². The molecule has 1 atom stereocenters. The van der Waals surface area contributed by atoms with Gasteiger partial charge in [0.25, 0.3) is 0 Å². The van der Waals surface area contributed by atoms with Crippen LogP contribution in [0, 0.1) is 0 Å². The third kappa shape index (κ3) is 4.12. The first-order chi connectivity index (χ1) is 7.26. The molecule has 0 bridgehead atoms. The summed E-state index contributed by atoms with van der Waals surface area (Å²) in [6.45, 7) is 2.30. The molecular weight excluding hydrogens is 192 g/mol. The van der Waals surface area contributed by atoms with Crippen LogP contribution in [0.3, 0.4) is 0 Å². The van der Waals surface area contributed by atoms with Gasteiger partial charge in [0.15, 0.2) is 0 Å². The Kier molecular flexibility index (Phi) is 4.83. The zero-order valence-corrected chi connectivity index (χ0v) is 9.20. The minimum atomic E-state index is 0.234. The lowest BCUT2D eigenvalue weighted by atomic mass is 10.2. The SMILES string of the molecule is CNc1cc(NC(C)CCCO)ncn1. The highest BCUT2D eigenvalue weighted by Gasteiger charge is 2.03. The van der Waals surface area contributed by atoms with E-state index in [1.807, 2.05) is 13.1 Å². The summed E-state index contributed by atoms with van der Waals surface area (Å²) >= 11 is 0. The van der Waals surface area contributed by atoms with Gasteiger partial charge < -0.3 is 15.7 Å². The third-order valence-electron chi connectivity index (χ3n) is 2.11. The predicted octanol–water partition coefficient (Wildman–Crippen LogP) is 1.09. The molecule has 1 aromatic heterocycles. The average Bonchev–Trinajstić information content (AvgIpc) is 2.26. The number of hydrogen-bond donors (Lipinski definition) is 3. The Hall–Kier alpha value is -1.36. The maximum atomic E-state index is 8.70. The first kappa shape index (κ1) is 11.7. The number of nitrogens with zero attached hydrogens (tertiary/aromatic N) is 2. The lowest BCUT2D eigenvalue weighted by molar-refractivity contribution is 0.282. The summed E-state index contributed by atoms with van der Waals surface area (Å²) in [5, 5.41) is 14.9. The van der Waals surface area contributed by atoms with Crippen LogP contribution in [0.5, 0.6) is 0 Å². The summed E-state index contributed by atoms with van der Waals surface area (Å²) in [6.07, 6.45) is 3.25. The number of nitrogens with one attached hydrogen (secondary N) is 2. The summed E-state index contributed by atoms with van der Waals surface area (Å²) in [4.78, 5) is 8.14. The Bertz CT molecular complexity index is 293. The fourth-order valence-electron chi connectivity index (χ4n) is 1.30. The summed E-state index contributed by atoms with van der Waals surface area (Å²) in [6, 6.07) is 2.16. The van der Waals surface area contributed by atoms with Crippen LogP contribution in [0.1, 0.15) is 19.8 Å². The number of aliphatic hydroxyl groups excluding tert-OH is 1. The molecule has 5 nitrogen and oxygen atoms in total. The molecule has 1 rings (SSSR count). The van der Waals surface area contributed by atoms with Gasteiger partial charge in [0, 0.05) is 25.8 Å². The van der Waals surface area contributed by atoms with Gasteiger partial charge in [-0.1, -0.05) is 0 Å². The maximum absolute atomic E-state index is 8.70. The fraction of sp³-hybridized carbons (Fsp3) is 0.600. The molecule has 84 valence electrons. The Morgan fingerprint density at radius 3 is 2.80 bits per heavy atom. The van der Waals surface area contributed by atoms with Crippen LogP contribution in [0.15, 0.2) is 12.4 Å². The molecule has 1 unspecified atom stereocenters. The van der Waals surface area contributed by atoms with E-state index in [4.69, 9.17) is 5.11 Å². The summed E-state index contributed by atoms with van der Waals surface area (Å²) in [7, 11) is 1.82. The molecule has 0 fully saturated rings. The Morgan fingerprint density at radius 2 is 2.13 bits per heavy atom. The zero-order chi connectivity index (χ0) is 11.1. The second-order valence-corrected chi connectivity index (χ2v) is 3.45. The molecule has 1 aromatic rings. The number of anilines is 2. The molecule has 0 spiro atoms. The van der Waals surface area contributed by atoms with Crippen molar-refractivity contribution in [1.29, 1.82) is 0 Å². The van der Waals surface area contributed by atoms with E-state index in [9.17, 15) is 0 Å². The van der Waals surface area contributed by atoms with Crippen LogP contribution < -0.4 is 10.6 Å². The first-order valence-corrected chi connectivity index (χ1v) is 5.13. The van der Waals surface area contributed by atoms with Crippen LogP contribution in [-0.4, -0.2) is 34.8 Å². The second kappa shape index (κ2) is 6.19. The van der Waals surface area contributed by atoms with Crippen LogP contribution >= 0.6 is 0 Å². The van der Waals surface area contributed by atoms with Gasteiger partial charge >= 0.3 is 0 Å². The zero-order valence-electron chi connectivity index (χ0n) is 9.20. The van der Waals surface area contributed by atoms with Gasteiger partial charge in [-0.15, -0.1) is 0 Å². The molecular formula is C10H18N4O. The Balaban J connectivity index is 2.48. The van der Waals surface area contributed by atoms with Gasteiger partial charge in [0.2, 0.25) is 0 Å². The second-order valence-electron chi connectivity index (χ2n) is 3.45. The Labute approximate surface area is 90.0 Å². The van der Waals surface area contributed by atoms with E-state index in [1.54, 1.807) is 0 Å². The molecule has 0 aliphatic carbocycles. The van der Waals surface area contributed by atoms with Crippen molar-refractivity contribution in [3.8, 4) is 0 Å². The van der Waals surface area contributed by atoms with Crippen molar-refractivity contribution in [2.75, 3.05) is 24.3 Å². The highest BCUT2D eigenvalue weighted by Crippen LogP contribution is 2.10. The number of hydrogen-bond acceptors (Lipinski definition) is 5. The summed E-state index contributed by atoms with van der Waals surface area (Å²) in [5.41, 5.74) is 0. The predicted molar refractivity (Wildman–Crippen MR) is 61.0 cm³/mol. The third-order valence-corrected chi connectivity index (χ3v) is 2.11.